The van der Waals surface area contributed by atoms with Gasteiger partial charge < -0.3 is 14.6 Å². The molecule has 0 saturated carbocycles. The molecule has 2 aromatic rings. The zero-order chi connectivity index (χ0) is 18.6. The van der Waals surface area contributed by atoms with Gasteiger partial charge >= 0.3 is 5.97 Å². The second-order valence-electron chi connectivity index (χ2n) is 5.93. The van der Waals surface area contributed by atoms with Crippen molar-refractivity contribution in [1.29, 1.82) is 0 Å². The van der Waals surface area contributed by atoms with Crippen molar-refractivity contribution in [2.24, 2.45) is 0 Å². The van der Waals surface area contributed by atoms with Gasteiger partial charge in [-0.2, -0.15) is 0 Å². The van der Waals surface area contributed by atoms with E-state index in [9.17, 15) is 14.7 Å². The van der Waals surface area contributed by atoms with Crippen LogP contribution in [0.25, 0.3) is 0 Å². The van der Waals surface area contributed by atoms with Crippen LogP contribution in [0.3, 0.4) is 0 Å². The Morgan fingerprint density at radius 3 is 2.56 bits per heavy atom. The highest BCUT2D eigenvalue weighted by atomic mass is 35.5. The van der Waals surface area contributed by atoms with Crippen molar-refractivity contribution in [3.05, 3.63) is 52.3 Å². The fourth-order valence-corrected chi connectivity index (χ4v) is 3.20. The average Bonchev–Trinajstić information content (AvgIpc) is 2.87. The van der Waals surface area contributed by atoms with E-state index in [1.807, 2.05) is 24.5 Å². The molecule has 1 aromatic carbocycles. The van der Waals surface area contributed by atoms with Crippen molar-refractivity contribution >= 4 is 29.2 Å². The number of halogens is 1. The number of aromatic nitrogens is 1. The number of carbonyl (C=O) groups excluding carboxylic acids is 1. The molecule has 0 bridgehead atoms. The largest absolute Gasteiger partial charge is 0.478 e. The Bertz CT molecular complexity index is 783. The molecule has 1 amide bonds. The molecule has 0 saturated heterocycles. The molecule has 2 rings (SSSR count). The molecule has 0 spiro atoms. The van der Waals surface area contributed by atoms with Gasteiger partial charge in [-0.15, -0.1) is 0 Å². The molecule has 6 heteroatoms. The molecule has 5 nitrogen and oxygen atoms in total. The van der Waals surface area contributed by atoms with Gasteiger partial charge in [0.25, 0.3) is 0 Å². The van der Waals surface area contributed by atoms with Gasteiger partial charge in [0.2, 0.25) is 5.91 Å². The molecule has 0 atom stereocenters. The quantitative estimate of drug-likeness (QED) is 0.804. The number of nitrogens with zero attached hydrogens (tertiary/aromatic N) is 2. The monoisotopic (exact) mass is 362 g/mol. The number of carboxylic acid groups (broad SMARTS) is 1. The van der Waals surface area contributed by atoms with E-state index >= 15 is 0 Å². The van der Waals surface area contributed by atoms with E-state index in [1.165, 1.54) is 0 Å². The number of anilines is 1. The number of amides is 1. The Hall–Kier alpha value is -2.27. The van der Waals surface area contributed by atoms with E-state index in [1.54, 1.807) is 36.2 Å². The fourth-order valence-electron chi connectivity index (χ4n) is 3.02. The summed E-state index contributed by atoms with van der Waals surface area (Å²) in [5, 5.41) is 10.1. The summed E-state index contributed by atoms with van der Waals surface area (Å²) in [5.74, 6) is -1.14. The van der Waals surface area contributed by atoms with E-state index in [4.69, 9.17) is 11.6 Å². The molecule has 0 aliphatic heterocycles. The molecule has 1 N–H and O–H groups in total. The fraction of sp³-hybridized carbons (Fsp3) is 0.368. The van der Waals surface area contributed by atoms with Crippen molar-refractivity contribution in [2.45, 2.75) is 40.2 Å². The maximum Gasteiger partial charge on any atom is 0.337 e. The maximum atomic E-state index is 12.9. The summed E-state index contributed by atoms with van der Waals surface area (Å²) in [7, 11) is 0. The Morgan fingerprint density at radius 1 is 1.28 bits per heavy atom. The lowest BCUT2D eigenvalue weighted by atomic mass is 10.1. The molecule has 0 radical (unpaired) electrons. The summed E-state index contributed by atoms with van der Waals surface area (Å²) in [4.78, 5) is 26.2. The summed E-state index contributed by atoms with van der Waals surface area (Å²) in [6, 6.07) is 7.14. The van der Waals surface area contributed by atoms with Crippen molar-refractivity contribution in [2.75, 3.05) is 11.4 Å². The third kappa shape index (κ3) is 4.23. The van der Waals surface area contributed by atoms with E-state index < -0.39 is 5.97 Å². The number of benzene rings is 1. The predicted molar refractivity (Wildman–Crippen MR) is 99.6 cm³/mol. The SMILES string of the molecule is CCCN(C(=O)Cc1c(C(=O)O)c(C)cn1CC)c1cccc(Cl)c1. The van der Waals surface area contributed by atoms with Crippen LogP contribution in [0.2, 0.25) is 5.02 Å². The third-order valence-corrected chi connectivity index (χ3v) is 4.36. The van der Waals surface area contributed by atoms with Gasteiger partial charge in [-0.1, -0.05) is 24.6 Å². The molecular formula is C19H23ClN2O3. The van der Waals surface area contributed by atoms with Crippen molar-refractivity contribution in [1.82, 2.24) is 4.57 Å². The number of aryl methyl sites for hydroxylation is 2. The summed E-state index contributed by atoms with van der Waals surface area (Å²) in [6.45, 7) is 6.84. The molecular weight excluding hydrogens is 340 g/mol. The minimum Gasteiger partial charge on any atom is -0.478 e. The van der Waals surface area contributed by atoms with Crippen LogP contribution in [0, 0.1) is 6.92 Å². The molecule has 0 unspecified atom stereocenters. The zero-order valence-corrected chi connectivity index (χ0v) is 15.5. The molecule has 0 aliphatic rings. The minimum atomic E-state index is -1.00. The first-order chi connectivity index (χ1) is 11.9. The Kier molecular flexibility index (Phi) is 6.26. The van der Waals surface area contributed by atoms with Gasteiger partial charge in [0, 0.05) is 35.7 Å². The highest BCUT2D eigenvalue weighted by Gasteiger charge is 2.24. The average molecular weight is 363 g/mol. The van der Waals surface area contributed by atoms with Crippen LogP contribution in [-0.2, 0) is 17.8 Å². The smallest absolute Gasteiger partial charge is 0.337 e. The van der Waals surface area contributed by atoms with E-state index in [2.05, 4.69) is 0 Å². The maximum absolute atomic E-state index is 12.9. The van der Waals surface area contributed by atoms with Crippen molar-refractivity contribution in [3.63, 3.8) is 0 Å². The van der Waals surface area contributed by atoms with Gasteiger partial charge in [-0.25, -0.2) is 4.79 Å². The van der Waals surface area contributed by atoms with E-state index in [-0.39, 0.29) is 17.9 Å². The Balaban J connectivity index is 2.38. The van der Waals surface area contributed by atoms with E-state index in [0.29, 0.717) is 29.4 Å². The highest BCUT2D eigenvalue weighted by Crippen LogP contribution is 2.23. The second-order valence-corrected chi connectivity index (χ2v) is 6.36. The van der Waals surface area contributed by atoms with Crippen LogP contribution in [0.5, 0.6) is 0 Å². The van der Waals surface area contributed by atoms with E-state index in [0.717, 1.165) is 12.1 Å². The first-order valence-electron chi connectivity index (χ1n) is 8.36. The summed E-state index contributed by atoms with van der Waals surface area (Å²) in [6.07, 6.45) is 2.61. The van der Waals surface area contributed by atoms with Crippen LogP contribution in [0.4, 0.5) is 5.69 Å². The zero-order valence-electron chi connectivity index (χ0n) is 14.8. The van der Waals surface area contributed by atoms with Gasteiger partial charge in [-0.05, 0) is 44.0 Å². The third-order valence-electron chi connectivity index (χ3n) is 4.12. The van der Waals surface area contributed by atoms with Crippen LogP contribution in [0.15, 0.2) is 30.5 Å². The molecule has 1 heterocycles. The number of carbonyl (C=O) groups is 2. The van der Waals surface area contributed by atoms with Crippen LogP contribution in [0.1, 0.15) is 41.9 Å². The van der Waals surface area contributed by atoms with Crippen LogP contribution < -0.4 is 4.90 Å². The first kappa shape index (κ1) is 19.1. The van der Waals surface area contributed by atoms with Gasteiger partial charge in [-0.3, -0.25) is 4.79 Å². The molecule has 134 valence electrons. The second kappa shape index (κ2) is 8.21. The summed E-state index contributed by atoms with van der Waals surface area (Å²) in [5.41, 5.74) is 2.16. The van der Waals surface area contributed by atoms with Crippen LogP contribution in [-0.4, -0.2) is 28.1 Å². The minimum absolute atomic E-state index is 0.0375. The van der Waals surface area contributed by atoms with Crippen molar-refractivity contribution in [3.8, 4) is 0 Å². The molecule has 0 aliphatic carbocycles. The number of carboxylic acids is 1. The molecule has 1 aromatic heterocycles. The van der Waals surface area contributed by atoms with Gasteiger partial charge in [0.15, 0.2) is 0 Å². The normalized spacial score (nSPS) is 10.7. The summed E-state index contributed by atoms with van der Waals surface area (Å²) < 4.78 is 1.83. The number of rotatable bonds is 7. The van der Waals surface area contributed by atoms with Gasteiger partial charge in [0.1, 0.15) is 0 Å². The van der Waals surface area contributed by atoms with Crippen LogP contribution >= 0.6 is 11.6 Å². The molecule has 0 fully saturated rings. The lowest BCUT2D eigenvalue weighted by Crippen LogP contribution is -2.34. The first-order valence-corrected chi connectivity index (χ1v) is 8.74. The lowest BCUT2D eigenvalue weighted by molar-refractivity contribution is -0.118. The lowest BCUT2D eigenvalue weighted by Gasteiger charge is -2.23. The molecule has 25 heavy (non-hydrogen) atoms. The summed E-state index contributed by atoms with van der Waals surface area (Å²) >= 11 is 6.05. The predicted octanol–water partition coefficient (Wildman–Crippen LogP) is 4.15. The van der Waals surface area contributed by atoms with Crippen molar-refractivity contribution < 1.29 is 14.7 Å². The Morgan fingerprint density at radius 2 is 2.00 bits per heavy atom. The topological polar surface area (TPSA) is 62.5 Å². The number of aromatic carboxylic acids is 1. The number of hydrogen-bond donors (Lipinski definition) is 1. The highest BCUT2D eigenvalue weighted by molar-refractivity contribution is 6.30. The Labute approximate surface area is 152 Å². The standard InChI is InChI=1S/C19H23ClN2O3/c1-4-9-22(15-8-6-7-14(20)10-15)17(23)11-16-18(19(24)25)13(3)12-21(16)5-2/h6-8,10,12H,4-5,9,11H2,1-3H3,(H,24,25). The number of hydrogen-bond acceptors (Lipinski definition) is 2. The van der Waals surface area contributed by atoms with Gasteiger partial charge in [0.05, 0.1) is 12.0 Å².